The highest BCUT2D eigenvalue weighted by Gasteiger charge is 2.18. The van der Waals surface area contributed by atoms with Crippen molar-refractivity contribution in [1.29, 1.82) is 0 Å². The van der Waals surface area contributed by atoms with E-state index in [1.807, 2.05) is 0 Å². The molecule has 0 radical (unpaired) electrons. The van der Waals surface area contributed by atoms with Gasteiger partial charge in [0.15, 0.2) is 5.76 Å². The summed E-state index contributed by atoms with van der Waals surface area (Å²) in [6, 6.07) is 5.40. The predicted molar refractivity (Wildman–Crippen MR) is 75.1 cm³/mol. The molecule has 1 amide bonds. The summed E-state index contributed by atoms with van der Waals surface area (Å²) in [5, 5.41) is 24.3. The second-order valence-corrected chi connectivity index (χ2v) is 4.02. The quantitative estimate of drug-likeness (QED) is 0.491. The third kappa shape index (κ3) is 3.20. The van der Waals surface area contributed by atoms with E-state index in [2.05, 4.69) is 10.5 Å². The molecule has 2 N–H and O–H groups in total. The second-order valence-electron chi connectivity index (χ2n) is 4.02. The van der Waals surface area contributed by atoms with Crippen LogP contribution in [0, 0.1) is 10.1 Å². The fraction of sp³-hybridized carbons (Fsp3) is 0.0769. The van der Waals surface area contributed by atoms with Crippen LogP contribution in [0.2, 0.25) is 0 Å². The van der Waals surface area contributed by atoms with E-state index in [-0.39, 0.29) is 17.1 Å². The Hall–Kier alpha value is -3.36. The Morgan fingerprint density at radius 2 is 2.32 bits per heavy atom. The number of furan rings is 1. The van der Waals surface area contributed by atoms with E-state index in [9.17, 15) is 20.0 Å². The van der Waals surface area contributed by atoms with E-state index in [0.717, 1.165) is 12.3 Å². The number of phenols is 1. The smallest absolute Gasteiger partial charge is 0.315 e. The fourth-order valence-electron chi connectivity index (χ4n) is 1.59. The normalized spacial score (nSPS) is 10.6. The van der Waals surface area contributed by atoms with Gasteiger partial charge in [0, 0.05) is 5.56 Å². The molecule has 22 heavy (non-hydrogen) atoms. The maximum Gasteiger partial charge on any atom is 0.315 e. The average Bonchev–Trinajstić information content (AvgIpc) is 3.02. The van der Waals surface area contributed by atoms with Gasteiger partial charge in [0.2, 0.25) is 5.75 Å². The molecule has 0 bridgehead atoms. The predicted octanol–water partition coefficient (Wildman–Crippen LogP) is 1.67. The van der Waals surface area contributed by atoms with Crippen molar-refractivity contribution in [2.24, 2.45) is 5.10 Å². The number of aromatic hydroxyl groups is 1. The number of hydrogen-bond acceptors (Lipinski definition) is 7. The van der Waals surface area contributed by atoms with Gasteiger partial charge in [0.05, 0.1) is 30.6 Å². The fourth-order valence-corrected chi connectivity index (χ4v) is 1.59. The second kappa shape index (κ2) is 6.39. The summed E-state index contributed by atoms with van der Waals surface area (Å²) < 4.78 is 9.77. The Kier molecular flexibility index (Phi) is 4.37. The minimum atomic E-state index is -0.753. The molecule has 0 unspecified atom stereocenters. The van der Waals surface area contributed by atoms with Crippen LogP contribution in [-0.4, -0.2) is 29.3 Å². The first kappa shape index (κ1) is 15.0. The molecule has 2 rings (SSSR count). The lowest BCUT2D eigenvalue weighted by atomic mass is 10.1. The van der Waals surface area contributed by atoms with Crippen LogP contribution in [0.3, 0.4) is 0 Å². The molecule has 2 aromatic rings. The number of carbonyl (C=O) groups is 1. The summed E-state index contributed by atoms with van der Waals surface area (Å²) in [7, 11) is 1.33. The van der Waals surface area contributed by atoms with Crippen LogP contribution < -0.4 is 10.2 Å². The molecule has 9 nitrogen and oxygen atoms in total. The first-order valence-corrected chi connectivity index (χ1v) is 5.95. The van der Waals surface area contributed by atoms with Gasteiger partial charge in [-0.05, 0) is 18.2 Å². The van der Waals surface area contributed by atoms with Crippen LogP contribution >= 0.6 is 0 Å². The Labute approximate surface area is 124 Å². The number of benzene rings is 1. The SMILES string of the molecule is COc1cc(/C=N\NC(=O)c2ccco2)c(O)c([N+](=O)[O-])c1. The van der Waals surface area contributed by atoms with Crippen LogP contribution in [0.15, 0.2) is 40.0 Å². The highest BCUT2D eigenvalue weighted by molar-refractivity contribution is 5.93. The monoisotopic (exact) mass is 305 g/mol. The molecular formula is C13H11N3O6. The minimum absolute atomic E-state index is 0.0193. The van der Waals surface area contributed by atoms with Crippen molar-refractivity contribution in [2.75, 3.05) is 7.11 Å². The standard InChI is InChI=1S/C13H11N3O6/c1-21-9-5-8(12(17)10(6-9)16(19)20)7-14-15-13(18)11-3-2-4-22-11/h2-7,17H,1H3,(H,15,18)/b14-7-. The molecule has 0 aliphatic carbocycles. The Balaban J connectivity index is 2.21. The number of methoxy groups -OCH3 is 1. The number of amides is 1. The van der Waals surface area contributed by atoms with E-state index in [4.69, 9.17) is 9.15 Å². The first-order valence-electron chi connectivity index (χ1n) is 5.95. The van der Waals surface area contributed by atoms with Crippen molar-refractivity contribution < 1.29 is 24.0 Å². The van der Waals surface area contributed by atoms with E-state index in [1.165, 1.54) is 31.6 Å². The first-order chi connectivity index (χ1) is 10.5. The number of phenolic OH excluding ortho intramolecular Hbond substituents is 1. The molecule has 0 aliphatic heterocycles. The number of nitro groups is 1. The van der Waals surface area contributed by atoms with Crippen LogP contribution in [0.5, 0.6) is 11.5 Å². The number of ether oxygens (including phenoxy) is 1. The molecule has 1 aromatic carbocycles. The number of nitro benzene ring substituents is 1. The van der Waals surface area contributed by atoms with E-state index >= 15 is 0 Å². The van der Waals surface area contributed by atoms with Gasteiger partial charge in [-0.1, -0.05) is 0 Å². The minimum Gasteiger partial charge on any atom is -0.502 e. The number of nitrogens with one attached hydrogen (secondary N) is 1. The van der Waals surface area contributed by atoms with E-state index in [0.29, 0.717) is 0 Å². The van der Waals surface area contributed by atoms with Crippen molar-refractivity contribution in [3.05, 3.63) is 52.0 Å². The van der Waals surface area contributed by atoms with Crippen molar-refractivity contribution in [3.8, 4) is 11.5 Å². The molecule has 0 saturated heterocycles. The Morgan fingerprint density at radius 3 is 2.91 bits per heavy atom. The third-order valence-electron chi connectivity index (χ3n) is 2.64. The third-order valence-corrected chi connectivity index (χ3v) is 2.64. The molecule has 0 aliphatic rings. The maximum atomic E-state index is 11.6. The average molecular weight is 305 g/mol. The topological polar surface area (TPSA) is 127 Å². The molecule has 0 spiro atoms. The van der Waals surface area contributed by atoms with Gasteiger partial charge in [-0.25, -0.2) is 5.43 Å². The summed E-state index contributed by atoms with van der Waals surface area (Å²) in [6.07, 6.45) is 2.39. The molecule has 1 aromatic heterocycles. The lowest BCUT2D eigenvalue weighted by molar-refractivity contribution is -0.385. The lowest BCUT2D eigenvalue weighted by Crippen LogP contribution is -2.16. The van der Waals surface area contributed by atoms with Gasteiger partial charge in [0.1, 0.15) is 5.75 Å². The van der Waals surface area contributed by atoms with Gasteiger partial charge < -0.3 is 14.3 Å². The van der Waals surface area contributed by atoms with Crippen LogP contribution in [0.4, 0.5) is 5.69 Å². The van der Waals surface area contributed by atoms with Crippen molar-refractivity contribution in [1.82, 2.24) is 5.43 Å². The lowest BCUT2D eigenvalue weighted by Gasteiger charge is -2.04. The summed E-state index contributed by atoms with van der Waals surface area (Å²) in [4.78, 5) is 21.7. The molecular weight excluding hydrogens is 294 g/mol. The number of hydrazone groups is 1. The number of hydrogen-bond donors (Lipinski definition) is 2. The van der Waals surface area contributed by atoms with Gasteiger partial charge in [-0.3, -0.25) is 14.9 Å². The van der Waals surface area contributed by atoms with E-state index in [1.54, 1.807) is 0 Å². The molecule has 114 valence electrons. The summed E-state index contributed by atoms with van der Waals surface area (Å²) >= 11 is 0. The van der Waals surface area contributed by atoms with Gasteiger partial charge >= 0.3 is 11.6 Å². The van der Waals surface area contributed by atoms with Crippen molar-refractivity contribution in [2.45, 2.75) is 0 Å². The zero-order chi connectivity index (χ0) is 16.1. The highest BCUT2D eigenvalue weighted by atomic mass is 16.6. The largest absolute Gasteiger partial charge is 0.502 e. The van der Waals surface area contributed by atoms with Gasteiger partial charge in [-0.15, -0.1) is 0 Å². The Bertz CT molecular complexity index is 724. The van der Waals surface area contributed by atoms with Gasteiger partial charge in [0.25, 0.3) is 0 Å². The Morgan fingerprint density at radius 1 is 1.55 bits per heavy atom. The molecule has 0 atom stereocenters. The zero-order valence-corrected chi connectivity index (χ0v) is 11.3. The zero-order valence-electron chi connectivity index (χ0n) is 11.3. The molecule has 9 heteroatoms. The summed E-state index contributed by atoms with van der Waals surface area (Å²) in [6.45, 7) is 0. The molecule has 0 saturated carbocycles. The van der Waals surface area contributed by atoms with Crippen LogP contribution in [0.25, 0.3) is 0 Å². The van der Waals surface area contributed by atoms with Gasteiger partial charge in [-0.2, -0.15) is 5.10 Å². The van der Waals surface area contributed by atoms with E-state index < -0.39 is 22.3 Å². The number of carbonyl (C=O) groups excluding carboxylic acids is 1. The van der Waals surface area contributed by atoms with Crippen LogP contribution in [0.1, 0.15) is 16.1 Å². The molecule has 1 heterocycles. The van der Waals surface area contributed by atoms with Crippen molar-refractivity contribution in [3.63, 3.8) is 0 Å². The molecule has 0 fully saturated rings. The highest BCUT2D eigenvalue weighted by Crippen LogP contribution is 2.33. The van der Waals surface area contributed by atoms with Crippen LogP contribution in [-0.2, 0) is 0 Å². The maximum absolute atomic E-state index is 11.6. The van der Waals surface area contributed by atoms with Crippen molar-refractivity contribution >= 4 is 17.8 Å². The summed E-state index contributed by atoms with van der Waals surface area (Å²) in [5.41, 5.74) is 1.65. The number of nitrogens with zero attached hydrogens (tertiary/aromatic N) is 2. The summed E-state index contributed by atoms with van der Waals surface area (Å²) in [5.74, 6) is -0.957. The number of rotatable bonds is 5.